The zero-order chi connectivity index (χ0) is 19.7. The molecule has 0 unspecified atom stereocenters. The lowest BCUT2D eigenvalue weighted by molar-refractivity contribution is 0.796. The van der Waals surface area contributed by atoms with Crippen LogP contribution in [0.4, 0.5) is 0 Å². The first-order valence-corrected chi connectivity index (χ1v) is 11.7. The minimum absolute atomic E-state index is 0.123. The zero-order valence-corrected chi connectivity index (χ0v) is 18.0. The van der Waals surface area contributed by atoms with Crippen LogP contribution in [0.25, 0.3) is 22.4 Å². The predicted molar refractivity (Wildman–Crippen MR) is 122 cm³/mol. The van der Waals surface area contributed by atoms with Crippen molar-refractivity contribution in [1.82, 2.24) is 9.55 Å². The lowest BCUT2D eigenvalue weighted by Gasteiger charge is -2.08. The number of thioether (sulfide) groups is 1. The molecule has 7 heteroatoms. The van der Waals surface area contributed by atoms with E-state index in [1.807, 2.05) is 12.1 Å². The number of aryl methyl sites for hydroxylation is 1. The van der Waals surface area contributed by atoms with Gasteiger partial charge in [-0.1, -0.05) is 36.0 Å². The lowest BCUT2D eigenvalue weighted by Crippen LogP contribution is -2.08. The summed E-state index contributed by atoms with van der Waals surface area (Å²) in [5.41, 5.74) is 8.96. The number of hydrogen-bond acceptors (Lipinski definition) is 5. The molecule has 0 aliphatic heterocycles. The van der Waals surface area contributed by atoms with E-state index in [9.17, 15) is 0 Å². The maximum atomic E-state index is 7.70. The molecule has 0 aliphatic rings. The van der Waals surface area contributed by atoms with Crippen LogP contribution in [0.15, 0.2) is 68.6 Å². The first-order valence-electron chi connectivity index (χ1n) is 8.86. The van der Waals surface area contributed by atoms with E-state index in [-0.39, 0.29) is 5.84 Å². The summed E-state index contributed by atoms with van der Waals surface area (Å²) in [7, 11) is 0. The Hall–Kier alpha value is -2.22. The molecule has 0 bridgehead atoms. The molecule has 0 amide bonds. The van der Waals surface area contributed by atoms with Gasteiger partial charge in [0.25, 0.3) is 0 Å². The Morgan fingerprint density at radius 3 is 2.75 bits per heavy atom. The van der Waals surface area contributed by atoms with Gasteiger partial charge in [0.05, 0.1) is 20.1 Å². The number of imidazole rings is 1. The maximum absolute atomic E-state index is 7.70. The van der Waals surface area contributed by atoms with Crippen molar-refractivity contribution < 1.29 is 0 Å². The molecule has 2 aromatic heterocycles. The number of aromatic nitrogens is 2. The Morgan fingerprint density at radius 1 is 1.18 bits per heavy atom. The fourth-order valence-corrected chi connectivity index (χ4v) is 6.20. The van der Waals surface area contributed by atoms with Crippen molar-refractivity contribution in [2.45, 2.75) is 27.5 Å². The van der Waals surface area contributed by atoms with E-state index in [0.717, 1.165) is 43.6 Å². The average molecular weight is 425 g/mol. The van der Waals surface area contributed by atoms with E-state index in [1.165, 1.54) is 4.21 Å². The van der Waals surface area contributed by atoms with Crippen molar-refractivity contribution >= 4 is 51.7 Å². The Morgan fingerprint density at radius 2 is 2.00 bits per heavy atom. The SMILES string of the molecule is CCn1c(-c2cccc(Sc3cc(C(=N)N)sc3SC)c2)nc2ccccc21. The molecule has 2 heterocycles. The van der Waals surface area contributed by atoms with Crippen molar-refractivity contribution in [2.75, 3.05) is 6.26 Å². The second-order valence-electron chi connectivity index (χ2n) is 6.18. The van der Waals surface area contributed by atoms with Crippen molar-refractivity contribution in [3.63, 3.8) is 0 Å². The van der Waals surface area contributed by atoms with Crippen LogP contribution >= 0.6 is 34.9 Å². The normalized spacial score (nSPS) is 11.2. The van der Waals surface area contributed by atoms with Gasteiger partial charge in [-0.3, -0.25) is 5.41 Å². The van der Waals surface area contributed by atoms with Gasteiger partial charge in [-0.15, -0.1) is 23.1 Å². The quantitative estimate of drug-likeness (QED) is 0.228. The van der Waals surface area contributed by atoms with Gasteiger partial charge >= 0.3 is 0 Å². The number of amidine groups is 1. The molecule has 0 saturated heterocycles. The second kappa shape index (κ2) is 8.03. The summed E-state index contributed by atoms with van der Waals surface area (Å²) in [5.74, 6) is 1.11. The van der Waals surface area contributed by atoms with Crippen LogP contribution in [-0.2, 0) is 6.54 Å². The molecule has 4 aromatic rings. The topological polar surface area (TPSA) is 67.7 Å². The number of para-hydroxylation sites is 2. The molecule has 0 spiro atoms. The molecule has 4 rings (SSSR count). The third-order valence-electron chi connectivity index (χ3n) is 4.41. The number of nitrogens with two attached hydrogens (primary N) is 1. The first-order chi connectivity index (χ1) is 13.6. The Bertz CT molecular complexity index is 1160. The molecular weight excluding hydrogens is 404 g/mol. The third kappa shape index (κ3) is 3.57. The molecule has 3 N–H and O–H groups in total. The summed E-state index contributed by atoms with van der Waals surface area (Å²) in [4.78, 5) is 7.98. The second-order valence-corrected chi connectivity index (χ2v) is 9.42. The fraction of sp³-hybridized carbons (Fsp3) is 0.143. The van der Waals surface area contributed by atoms with E-state index in [2.05, 4.69) is 60.2 Å². The highest BCUT2D eigenvalue weighted by Gasteiger charge is 2.14. The lowest BCUT2D eigenvalue weighted by atomic mass is 10.2. The van der Waals surface area contributed by atoms with Crippen LogP contribution in [0.3, 0.4) is 0 Å². The minimum atomic E-state index is 0.123. The number of thiophene rings is 1. The van der Waals surface area contributed by atoms with Gasteiger partial charge in [-0.2, -0.15) is 0 Å². The standard InChI is InChI=1S/C21H20N4S3/c1-3-25-16-10-5-4-9-15(16)24-20(25)13-7-6-8-14(11-13)27-18-12-17(19(22)23)28-21(18)26-2/h4-12H,3H2,1-2H3,(H3,22,23). The van der Waals surface area contributed by atoms with E-state index in [1.54, 1.807) is 34.9 Å². The molecular formula is C21H20N4S3. The maximum Gasteiger partial charge on any atom is 0.141 e. The van der Waals surface area contributed by atoms with Crippen LogP contribution in [0, 0.1) is 5.41 Å². The summed E-state index contributed by atoms with van der Waals surface area (Å²) in [6.07, 6.45) is 2.06. The van der Waals surface area contributed by atoms with E-state index in [4.69, 9.17) is 16.1 Å². The van der Waals surface area contributed by atoms with Crippen LogP contribution in [0.2, 0.25) is 0 Å². The van der Waals surface area contributed by atoms with Crippen LogP contribution in [-0.4, -0.2) is 21.6 Å². The number of hydrogen-bond donors (Lipinski definition) is 2. The molecule has 2 aromatic carbocycles. The smallest absolute Gasteiger partial charge is 0.141 e. The molecule has 0 radical (unpaired) electrons. The molecule has 4 nitrogen and oxygen atoms in total. The van der Waals surface area contributed by atoms with Crippen molar-refractivity contribution in [3.8, 4) is 11.4 Å². The molecule has 0 aliphatic carbocycles. The zero-order valence-electron chi connectivity index (χ0n) is 15.6. The van der Waals surface area contributed by atoms with E-state index >= 15 is 0 Å². The van der Waals surface area contributed by atoms with Gasteiger partial charge in [0.1, 0.15) is 11.7 Å². The van der Waals surface area contributed by atoms with Crippen molar-refractivity contribution in [3.05, 3.63) is 59.5 Å². The summed E-state index contributed by atoms with van der Waals surface area (Å²) in [6, 6.07) is 18.8. The van der Waals surface area contributed by atoms with Gasteiger partial charge in [-0.05, 0) is 43.5 Å². The highest BCUT2D eigenvalue weighted by molar-refractivity contribution is 8.03. The Labute approximate surface area is 176 Å². The minimum Gasteiger partial charge on any atom is -0.383 e. The summed E-state index contributed by atoms with van der Waals surface area (Å²) < 4.78 is 3.44. The fourth-order valence-electron chi connectivity index (χ4n) is 3.15. The summed E-state index contributed by atoms with van der Waals surface area (Å²) in [6.45, 7) is 3.02. The number of nitrogen functional groups attached to an aromatic ring is 1. The van der Waals surface area contributed by atoms with Gasteiger partial charge in [0.15, 0.2) is 0 Å². The van der Waals surface area contributed by atoms with E-state index in [0.29, 0.717) is 0 Å². The molecule has 0 fully saturated rings. The van der Waals surface area contributed by atoms with Gasteiger partial charge in [0.2, 0.25) is 0 Å². The Balaban J connectivity index is 1.72. The number of fused-ring (bicyclic) bond motifs is 1. The average Bonchev–Trinajstić information content (AvgIpc) is 3.29. The van der Waals surface area contributed by atoms with Crippen LogP contribution < -0.4 is 5.73 Å². The molecule has 142 valence electrons. The highest BCUT2D eigenvalue weighted by Crippen LogP contribution is 2.41. The monoisotopic (exact) mass is 424 g/mol. The molecule has 0 atom stereocenters. The first kappa shape index (κ1) is 19.1. The summed E-state index contributed by atoms with van der Waals surface area (Å²) in [5, 5.41) is 7.70. The van der Waals surface area contributed by atoms with Gasteiger partial charge in [-0.25, -0.2) is 4.98 Å². The highest BCUT2D eigenvalue weighted by atomic mass is 32.2. The molecule has 28 heavy (non-hydrogen) atoms. The summed E-state index contributed by atoms with van der Waals surface area (Å²) >= 11 is 4.97. The molecule has 0 saturated carbocycles. The number of nitrogens with one attached hydrogen (secondary N) is 1. The third-order valence-corrected chi connectivity index (χ3v) is 8.00. The van der Waals surface area contributed by atoms with Gasteiger partial charge in [0, 0.05) is 21.9 Å². The Kier molecular flexibility index (Phi) is 5.48. The largest absolute Gasteiger partial charge is 0.383 e. The number of nitrogens with zero attached hydrogens (tertiary/aromatic N) is 2. The van der Waals surface area contributed by atoms with Crippen molar-refractivity contribution in [1.29, 1.82) is 5.41 Å². The number of benzene rings is 2. The predicted octanol–water partition coefficient (Wildman–Crippen LogP) is 5.94. The van der Waals surface area contributed by atoms with Crippen molar-refractivity contribution in [2.24, 2.45) is 5.73 Å². The van der Waals surface area contributed by atoms with E-state index < -0.39 is 0 Å². The van der Waals surface area contributed by atoms with Crippen LogP contribution in [0.1, 0.15) is 11.8 Å². The number of rotatable bonds is 6. The van der Waals surface area contributed by atoms with Gasteiger partial charge < -0.3 is 10.3 Å². The van der Waals surface area contributed by atoms with Crippen LogP contribution in [0.5, 0.6) is 0 Å².